The van der Waals surface area contributed by atoms with Crippen molar-refractivity contribution < 1.29 is 4.74 Å². The number of likely N-dealkylation sites (N-methyl/N-ethyl adjacent to an activating group) is 1. The number of halogens is 1. The van der Waals surface area contributed by atoms with Crippen LogP contribution < -0.4 is 10.6 Å². The third kappa shape index (κ3) is 11.0. The highest BCUT2D eigenvalue weighted by Crippen LogP contribution is 2.19. The van der Waals surface area contributed by atoms with Crippen molar-refractivity contribution in [3.63, 3.8) is 0 Å². The Morgan fingerprint density at radius 1 is 1.32 bits per heavy atom. The summed E-state index contributed by atoms with van der Waals surface area (Å²) >= 11 is 1.75. The molecular formula is C17H34IN5OS. The highest BCUT2D eigenvalue weighted by atomic mass is 127. The normalized spacial score (nSPS) is 11.7. The van der Waals surface area contributed by atoms with Crippen molar-refractivity contribution >= 4 is 41.3 Å². The molecule has 8 heteroatoms. The minimum atomic E-state index is 0. The molecule has 25 heavy (non-hydrogen) atoms. The maximum Gasteiger partial charge on any atom is 0.191 e. The molecule has 0 fully saturated rings. The summed E-state index contributed by atoms with van der Waals surface area (Å²) in [5.41, 5.74) is 1.16. The van der Waals surface area contributed by atoms with Gasteiger partial charge in [-0.1, -0.05) is 13.8 Å². The molecular weight excluding hydrogens is 449 g/mol. The number of nitrogens with one attached hydrogen (secondary N) is 2. The fourth-order valence-electron chi connectivity index (χ4n) is 2.19. The second-order valence-electron chi connectivity index (χ2n) is 6.16. The molecule has 0 spiro atoms. The Morgan fingerprint density at radius 3 is 2.64 bits per heavy atom. The van der Waals surface area contributed by atoms with Crippen LogP contribution in [-0.2, 0) is 11.2 Å². The van der Waals surface area contributed by atoms with Gasteiger partial charge in [0.05, 0.1) is 10.7 Å². The number of rotatable bonds is 11. The summed E-state index contributed by atoms with van der Waals surface area (Å²) in [7, 11) is 5.67. The van der Waals surface area contributed by atoms with Crippen LogP contribution in [0.4, 0.5) is 0 Å². The molecule has 0 aliphatic heterocycles. The molecule has 1 heterocycles. The van der Waals surface area contributed by atoms with Crippen molar-refractivity contribution in [3.8, 4) is 0 Å². The summed E-state index contributed by atoms with van der Waals surface area (Å²) < 4.78 is 5.07. The Morgan fingerprint density at radius 2 is 2.04 bits per heavy atom. The quantitative estimate of drug-likeness (QED) is 0.219. The number of nitrogens with zero attached hydrogens (tertiary/aromatic N) is 3. The number of ether oxygens (including phenoxy) is 1. The molecule has 1 aromatic rings. The average molecular weight is 483 g/mol. The fraction of sp³-hybridized carbons (Fsp3) is 0.765. The van der Waals surface area contributed by atoms with Gasteiger partial charge in [-0.15, -0.1) is 35.3 Å². The Bertz CT molecular complexity index is 481. The number of hydrogen-bond acceptors (Lipinski definition) is 5. The maximum absolute atomic E-state index is 5.07. The van der Waals surface area contributed by atoms with Crippen LogP contribution >= 0.6 is 35.3 Å². The molecule has 146 valence electrons. The minimum Gasteiger partial charge on any atom is -0.385 e. The van der Waals surface area contributed by atoms with Gasteiger partial charge in [-0.2, -0.15) is 0 Å². The van der Waals surface area contributed by atoms with Crippen LogP contribution in [0.1, 0.15) is 36.9 Å². The number of methoxy groups -OCH3 is 1. The standard InChI is InChI=1S/C17H33N5OS.HI/c1-14(2)16-21-15(13-24-16)7-8-19-17(18-3)20-9-11-22(4)10-6-12-23-5;/h13-14H,6-12H2,1-5H3,(H2,18,19,20);1H. The molecule has 1 aromatic heterocycles. The highest BCUT2D eigenvalue weighted by molar-refractivity contribution is 14.0. The van der Waals surface area contributed by atoms with E-state index in [0.717, 1.165) is 57.3 Å². The summed E-state index contributed by atoms with van der Waals surface area (Å²) in [5.74, 6) is 1.35. The van der Waals surface area contributed by atoms with E-state index in [1.165, 1.54) is 5.01 Å². The first-order valence-corrected chi connectivity index (χ1v) is 9.51. The Hall–Kier alpha value is -0.450. The van der Waals surface area contributed by atoms with Gasteiger partial charge >= 0.3 is 0 Å². The second-order valence-corrected chi connectivity index (χ2v) is 7.05. The highest BCUT2D eigenvalue weighted by Gasteiger charge is 2.06. The molecule has 0 unspecified atom stereocenters. The Labute approximate surface area is 173 Å². The van der Waals surface area contributed by atoms with Crippen molar-refractivity contribution in [1.29, 1.82) is 0 Å². The number of thiazole rings is 1. The lowest BCUT2D eigenvalue weighted by molar-refractivity contribution is 0.180. The summed E-state index contributed by atoms with van der Waals surface area (Å²) in [6.45, 7) is 8.91. The Kier molecular flexibility index (Phi) is 14.4. The first kappa shape index (κ1) is 24.6. The zero-order valence-electron chi connectivity index (χ0n) is 16.2. The van der Waals surface area contributed by atoms with Crippen LogP contribution in [0.5, 0.6) is 0 Å². The van der Waals surface area contributed by atoms with Gasteiger partial charge in [0.25, 0.3) is 0 Å². The van der Waals surface area contributed by atoms with E-state index in [1.807, 2.05) is 0 Å². The molecule has 0 radical (unpaired) electrons. The van der Waals surface area contributed by atoms with E-state index in [-0.39, 0.29) is 24.0 Å². The topological polar surface area (TPSA) is 61.8 Å². The fourth-order valence-corrected chi connectivity index (χ4v) is 3.06. The van der Waals surface area contributed by atoms with Gasteiger partial charge in [-0.05, 0) is 13.5 Å². The van der Waals surface area contributed by atoms with Gasteiger partial charge in [0.1, 0.15) is 0 Å². The van der Waals surface area contributed by atoms with E-state index in [1.54, 1.807) is 25.5 Å². The molecule has 0 aliphatic rings. The minimum absolute atomic E-state index is 0. The van der Waals surface area contributed by atoms with Crippen LogP contribution in [0, 0.1) is 0 Å². The molecule has 0 saturated carbocycles. The van der Waals surface area contributed by atoms with Crippen LogP contribution in [-0.4, -0.2) is 69.8 Å². The average Bonchev–Trinajstić information content (AvgIpc) is 3.03. The van der Waals surface area contributed by atoms with E-state index < -0.39 is 0 Å². The molecule has 2 N–H and O–H groups in total. The molecule has 6 nitrogen and oxygen atoms in total. The van der Waals surface area contributed by atoms with Crippen LogP contribution in [0.3, 0.4) is 0 Å². The summed E-state index contributed by atoms with van der Waals surface area (Å²) in [6, 6.07) is 0. The lowest BCUT2D eigenvalue weighted by atomic mass is 10.2. The van der Waals surface area contributed by atoms with Crippen molar-refractivity contribution in [2.75, 3.05) is 54.0 Å². The summed E-state index contributed by atoms with van der Waals surface area (Å²) in [4.78, 5) is 11.2. The smallest absolute Gasteiger partial charge is 0.191 e. The van der Waals surface area contributed by atoms with E-state index in [0.29, 0.717) is 5.92 Å². The van der Waals surface area contributed by atoms with E-state index in [2.05, 4.69) is 51.8 Å². The molecule has 0 bridgehead atoms. The predicted octanol–water partition coefficient (Wildman–Crippen LogP) is 2.56. The maximum atomic E-state index is 5.07. The second kappa shape index (κ2) is 14.7. The summed E-state index contributed by atoms with van der Waals surface area (Å²) in [6.07, 6.45) is 1.98. The van der Waals surface area contributed by atoms with Crippen LogP contribution in [0.25, 0.3) is 0 Å². The van der Waals surface area contributed by atoms with Gasteiger partial charge in [0.2, 0.25) is 0 Å². The van der Waals surface area contributed by atoms with E-state index >= 15 is 0 Å². The predicted molar refractivity (Wildman–Crippen MR) is 119 cm³/mol. The third-order valence-electron chi connectivity index (χ3n) is 3.63. The Balaban J connectivity index is 0.00000576. The van der Waals surface area contributed by atoms with Gasteiger partial charge in [-0.3, -0.25) is 4.99 Å². The van der Waals surface area contributed by atoms with Gasteiger partial charge < -0.3 is 20.3 Å². The number of aromatic nitrogens is 1. The van der Waals surface area contributed by atoms with Crippen LogP contribution in [0.2, 0.25) is 0 Å². The zero-order chi connectivity index (χ0) is 17.8. The lowest BCUT2D eigenvalue weighted by Crippen LogP contribution is -2.41. The van der Waals surface area contributed by atoms with E-state index in [4.69, 9.17) is 4.74 Å². The summed E-state index contributed by atoms with van der Waals surface area (Å²) in [5, 5.41) is 10.1. The third-order valence-corrected chi connectivity index (χ3v) is 4.83. The molecule has 0 aromatic carbocycles. The van der Waals surface area contributed by atoms with Crippen LogP contribution in [0.15, 0.2) is 10.4 Å². The lowest BCUT2D eigenvalue weighted by Gasteiger charge is -2.18. The SMILES string of the molecule is CN=C(NCCc1csc(C(C)C)n1)NCCN(C)CCCOC.I. The number of aliphatic imine (C=N–C) groups is 1. The molecule has 0 amide bonds. The van der Waals surface area contributed by atoms with Crippen molar-refractivity contribution in [2.45, 2.75) is 32.6 Å². The van der Waals surface area contributed by atoms with Gasteiger partial charge in [0, 0.05) is 64.7 Å². The van der Waals surface area contributed by atoms with E-state index in [9.17, 15) is 0 Å². The van der Waals surface area contributed by atoms with Crippen molar-refractivity contribution in [1.82, 2.24) is 20.5 Å². The number of hydrogen-bond donors (Lipinski definition) is 2. The molecule has 0 atom stereocenters. The largest absolute Gasteiger partial charge is 0.385 e. The molecule has 0 saturated heterocycles. The van der Waals surface area contributed by atoms with Gasteiger partial charge in [-0.25, -0.2) is 4.98 Å². The molecule has 0 aliphatic carbocycles. The monoisotopic (exact) mass is 483 g/mol. The zero-order valence-corrected chi connectivity index (χ0v) is 19.3. The molecule has 1 rings (SSSR count). The van der Waals surface area contributed by atoms with Crippen molar-refractivity contribution in [2.24, 2.45) is 4.99 Å². The first-order chi connectivity index (χ1) is 11.6. The number of guanidine groups is 1. The van der Waals surface area contributed by atoms with Gasteiger partial charge in [0.15, 0.2) is 5.96 Å². The first-order valence-electron chi connectivity index (χ1n) is 8.63. The van der Waals surface area contributed by atoms with Crippen molar-refractivity contribution in [3.05, 3.63) is 16.1 Å².